The fraction of sp³-hybridized carbons (Fsp3) is 0.381. The minimum Gasteiger partial charge on any atom is -0.372 e. The van der Waals surface area contributed by atoms with Crippen molar-refractivity contribution in [2.75, 3.05) is 13.7 Å². The van der Waals surface area contributed by atoms with E-state index in [1.165, 1.54) is 25.3 Å². The highest BCUT2D eigenvalue weighted by Gasteiger charge is 2.29. The molecule has 152 valence electrons. The molecule has 0 saturated carbocycles. The van der Waals surface area contributed by atoms with Crippen LogP contribution in [0.2, 0.25) is 0 Å². The lowest BCUT2D eigenvalue weighted by Gasteiger charge is -2.29. The van der Waals surface area contributed by atoms with E-state index in [0.29, 0.717) is 11.1 Å². The van der Waals surface area contributed by atoms with Gasteiger partial charge in [0.1, 0.15) is 11.4 Å². The summed E-state index contributed by atoms with van der Waals surface area (Å²) in [4.78, 5) is 12.5. The molecule has 2 aromatic rings. The highest BCUT2D eigenvalue weighted by Crippen LogP contribution is 2.26. The number of amides is 1. The summed E-state index contributed by atoms with van der Waals surface area (Å²) in [5.74, 6) is -0.665. The van der Waals surface area contributed by atoms with Crippen LogP contribution in [0.25, 0.3) is 0 Å². The average Bonchev–Trinajstić information content (AvgIpc) is 2.67. The minimum absolute atomic E-state index is 0.0824. The number of carbonyl (C=O) groups excluding carboxylic acids is 1. The van der Waals surface area contributed by atoms with Crippen molar-refractivity contribution in [3.63, 3.8) is 0 Å². The van der Waals surface area contributed by atoms with E-state index in [0.717, 1.165) is 0 Å². The van der Waals surface area contributed by atoms with Crippen molar-refractivity contribution >= 4 is 15.7 Å². The molecule has 0 aliphatic rings. The van der Waals surface area contributed by atoms with Crippen LogP contribution in [0, 0.1) is 5.82 Å². The summed E-state index contributed by atoms with van der Waals surface area (Å²) in [6.07, 6.45) is 0.0824. The molecular weight excluding hydrogens is 381 g/mol. The Morgan fingerprint density at radius 1 is 1.14 bits per heavy atom. The standard InChI is InChI=1S/C21H26FNO4S/c1-15(2)28(25,26)17-11-9-16(10-12-17)13-20(24)23-14-21(3,27-4)18-7-5-6-8-19(18)22/h5-12,15H,13-14H2,1-4H3,(H,23,24). The zero-order valence-corrected chi connectivity index (χ0v) is 17.3. The van der Waals surface area contributed by atoms with Gasteiger partial charge in [0.15, 0.2) is 9.84 Å². The molecule has 5 nitrogen and oxygen atoms in total. The van der Waals surface area contributed by atoms with Gasteiger partial charge in [-0.25, -0.2) is 12.8 Å². The lowest BCUT2D eigenvalue weighted by Crippen LogP contribution is -2.41. The van der Waals surface area contributed by atoms with Crippen LogP contribution in [-0.2, 0) is 31.4 Å². The van der Waals surface area contributed by atoms with E-state index in [-0.39, 0.29) is 23.8 Å². The van der Waals surface area contributed by atoms with Crippen LogP contribution >= 0.6 is 0 Å². The highest BCUT2D eigenvalue weighted by atomic mass is 32.2. The van der Waals surface area contributed by atoms with Crippen molar-refractivity contribution in [2.24, 2.45) is 0 Å². The number of sulfone groups is 1. The van der Waals surface area contributed by atoms with Crippen molar-refractivity contribution in [3.8, 4) is 0 Å². The third-order valence-electron chi connectivity index (χ3n) is 4.75. The summed E-state index contributed by atoms with van der Waals surface area (Å²) < 4.78 is 43.9. The first-order valence-electron chi connectivity index (χ1n) is 9.00. The molecule has 0 aromatic heterocycles. The molecule has 0 bridgehead atoms. The van der Waals surface area contributed by atoms with Gasteiger partial charge in [0.05, 0.1) is 23.1 Å². The van der Waals surface area contributed by atoms with Crippen LogP contribution in [0.3, 0.4) is 0 Å². The molecule has 7 heteroatoms. The molecule has 2 aromatic carbocycles. The zero-order valence-electron chi connectivity index (χ0n) is 16.5. The van der Waals surface area contributed by atoms with E-state index in [1.54, 1.807) is 51.1 Å². The predicted octanol–water partition coefficient (Wildman–Crippen LogP) is 3.23. The van der Waals surface area contributed by atoms with Gasteiger partial charge >= 0.3 is 0 Å². The molecule has 28 heavy (non-hydrogen) atoms. The Morgan fingerprint density at radius 3 is 2.29 bits per heavy atom. The van der Waals surface area contributed by atoms with Crippen LogP contribution in [0.15, 0.2) is 53.4 Å². The van der Waals surface area contributed by atoms with Crippen molar-refractivity contribution in [1.82, 2.24) is 5.32 Å². The summed E-state index contributed by atoms with van der Waals surface area (Å²) in [5, 5.41) is 2.25. The number of hydrogen-bond donors (Lipinski definition) is 1. The lowest BCUT2D eigenvalue weighted by molar-refractivity contribution is -0.122. The molecule has 0 saturated heterocycles. The van der Waals surface area contributed by atoms with Gasteiger partial charge in [0.25, 0.3) is 0 Å². The maximum Gasteiger partial charge on any atom is 0.224 e. The molecule has 0 radical (unpaired) electrons. The third-order valence-corrected chi connectivity index (χ3v) is 6.92. The number of ether oxygens (including phenoxy) is 1. The molecule has 0 spiro atoms. The van der Waals surface area contributed by atoms with Gasteiger partial charge < -0.3 is 10.1 Å². The monoisotopic (exact) mass is 407 g/mol. The summed E-state index contributed by atoms with van der Waals surface area (Å²) in [6.45, 7) is 5.05. The number of nitrogens with one attached hydrogen (secondary N) is 1. The topological polar surface area (TPSA) is 72.5 Å². The number of hydrogen-bond acceptors (Lipinski definition) is 4. The summed E-state index contributed by atoms with van der Waals surface area (Å²) >= 11 is 0. The molecule has 1 atom stereocenters. The maximum atomic E-state index is 14.1. The molecular formula is C21H26FNO4S. The van der Waals surface area contributed by atoms with Crippen molar-refractivity contribution in [2.45, 2.75) is 42.9 Å². The fourth-order valence-electron chi connectivity index (χ4n) is 2.75. The molecule has 1 amide bonds. The van der Waals surface area contributed by atoms with Gasteiger partial charge in [-0.15, -0.1) is 0 Å². The smallest absolute Gasteiger partial charge is 0.224 e. The Kier molecular flexibility index (Phi) is 6.96. The van der Waals surface area contributed by atoms with Gasteiger partial charge in [0.2, 0.25) is 5.91 Å². The number of rotatable bonds is 8. The third kappa shape index (κ3) is 4.97. The van der Waals surface area contributed by atoms with Gasteiger partial charge in [-0.05, 0) is 44.5 Å². The Bertz CT molecular complexity index is 926. The normalized spacial score (nSPS) is 13.9. The second kappa shape index (κ2) is 8.84. The van der Waals surface area contributed by atoms with E-state index in [2.05, 4.69) is 5.32 Å². The molecule has 0 heterocycles. The number of carbonyl (C=O) groups is 1. The van der Waals surface area contributed by atoms with Crippen LogP contribution in [-0.4, -0.2) is 33.2 Å². The van der Waals surface area contributed by atoms with Gasteiger partial charge in [0, 0.05) is 12.7 Å². The summed E-state index contributed by atoms with van der Waals surface area (Å²) in [5.41, 5.74) is 0.0437. The van der Waals surface area contributed by atoms with Gasteiger partial charge in [-0.1, -0.05) is 30.3 Å². The second-order valence-corrected chi connectivity index (χ2v) is 9.61. The second-order valence-electron chi connectivity index (χ2n) is 7.11. The minimum atomic E-state index is -3.34. The van der Waals surface area contributed by atoms with E-state index in [4.69, 9.17) is 4.74 Å². The van der Waals surface area contributed by atoms with E-state index in [9.17, 15) is 17.6 Å². The quantitative estimate of drug-likeness (QED) is 0.729. The average molecular weight is 408 g/mol. The SMILES string of the molecule is COC(C)(CNC(=O)Cc1ccc(S(=O)(=O)C(C)C)cc1)c1ccccc1F. The first kappa shape index (κ1) is 22.0. The summed E-state index contributed by atoms with van der Waals surface area (Å²) in [7, 11) is -1.88. The number of benzene rings is 2. The molecule has 1 unspecified atom stereocenters. The maximum absolute atomic E-state index is 14.1. The molecule has 0 fully saturated rings. The summed E-state index contributed by atoms with van der Waals surface area (Å²) in [6, 6.07) is 12.6. The Morgan fingerprint density at radius 2 is 1.75 bits per heavy atom. The molecule has 1 N–H and O–H groups in total. The molecule has 2 rings (SSSR count). The first-order chi connectivity index (χ1) is 13.1. The van der Waals surface area contributed by atoms with Crippen molar-refractivity contribution in [3.05, 3.63) is 65.5 Å². The lowest BCUT2D eigenvalue weighted by atomic mass is 9.95. The van der Waals surface area contributed by atoms with Crippen LogP contribution in [0.1, 0.15) is 31.9 Å². The Balaban J connectivity index is 2.03. The molecule has 0 aliphatic heterocycles. The zero-order chi connectivity index (χ0) is 20.9. The van der Waals surface area contributed by atoms with Crippen LogP contribution < -0.4 is 5.32 Å². The van der Waals surface area contributed by atoms with Crippen molar-refractivity contribution < 1.29 is 22.3 Å². The Hall–Kier alpha value is -2.25. The van der Waals surface area contributed by atoms with Gasteiger partial charge in [-0.2, -0.15) is 0 Å². The Labute approximate surface area is 165 Å². The highest BCUT2D eigenvalue weighted by molar-refractivity contribution is 7.92. The van der Waals surface area contributed by atoms with Crippen LogP contribution in [0.5, 0.6) is 0 Å². The number of methoxy groups -OCH3 is 1. The largest absolute Gasteiger partial charge is 0.372 e. The van der Waals surface area contributed by atoms with E-state index in [1.807, 2.05) is 0 Å². The van der Waals surface area contributed by atoms with Crippen molar-refractivity contribution in [1.29, 1.82) is 0 Å². The van der Waals surface area contributed by atoms with E-state index >= 15 is 0 Å². The van der Waals surface area contributed by atoms with Crippen LogP contribution in [0.4, 0.5) is 4.39 Å². The van der Waals surface area contributed by atoms with Gasteiger partial charge in [-0.3, -0.25) is 4.79 Å². The fourth-order valence-corrected chi connectivity index (χ4v) is 3.81. The molecule has 0 aliphatic carbocycles. The van der Waals surface area contributed by atoms with E-state index < -0.39 is 26.5 Å². The predicted molar refractivity (Wildman–Crippen MR) is 106 cm³/mol. The number of halogens is 1. The first-order valence-corrected chi connectivity index (χ1v) is 10.5.